The minimum Gasteiger partial charge on any atom is -0.389 e. The Bertz CT molecular complexity index is 309. The summed E-state index contributed by atoms with van der Waals surface area (Å²) in [6, 6.07) is 4.08. The first-order valence-corrected chi connectivity index (χ1v) is 7.03. The molecule has 0 radical (unpaired) electrons. The van der Waals surface area contributed by atoms with E-state index in [1.807, 2.05) is 6.07 Å². The summed E-state index contributed by atoms with van der Waals surface area (Å²) >= 11 is 5.10. The van der Waals surface area contributed by atoms with E-state index >= 15 is 0 Å². The lowest BCUT2D eigenvalue weighted by Gasteiger charge is -2.11. The molecule has 98 valence electrons. The van der Waals surface area contributed by atoms with Crippen LogP contribution < -0.4 is 5.32 Å². The molecular weight excluding hydrogens is 306 g/mol. The summed E-state index contributed by atoms with van der Waals surface area (Å²) < 4.78 is 11.2. The fourth-order valence-corrected chi connectivity index (χ4v) is 2.68. The van der Waals surface area contributed by atoms with E-state index < -0.39 is 6.10 Å². The molecule has 0 saturated heterocycles. The highest BCUT2D eigenvalue weighted by Gasteiger charge is 2.04. The van der Waals surface area contributed by atoms with Gasteiger partial charge in [-0.15, -0.1) is 11.3 Å². The Morgan fingerprint density at radius 1 is 1.47 bits per heavy atom. The van der Waals surface area contributed by atoms with Crippen LogP contribution in [0.2, 0.25) is 0 Å². The van der Waals surface area contributed by atoms with Gasteiger partial charge < -0.3 is 19.9 Å². The second-order valence-electron chi connectivity index (χ2n) is 3.56. The summed E-state index contributed by atoms with van der Waals surface area (Å²) in [6.07, 6.45) is -0.477. The van der Waals surface area contributed by atoms with Crippen molar-refractivity contribution in [2.45, 2.75) is 12.6 Å². The van der Waals surface area contributed by atoms with Gasteiger partial charge in [0.1, 0.15) is 0 Å². The summed E-state index contributed by atoms with van der Waals surface area (Å²) in [5.74, 6) is 0. The van der Waals surface area contributed by atoms with Gasteiger partial charge in [0.2, 0.25) is 0 Å². The number of thiophene rings is 1. The molecule has 0 aliphatic heterocycles. The Kier molecular flexibility index (Phi) is 8.00. The molecule has 1 atom stereocenters. The van der Waals surface area contributed by atoms with E-state index in [0.717, 1.165) is 10.3 Å². The number of aliphatic hydroxyl groups is 1. The minimum atomic E-state index is -0.477. The number of hydrogen-bond donors (Lipinski definition) is 2. The number of hydrogen-bond acceptors (Lipinski definition) is 5. The maximum atomic E-state index is 9.60. The van der Waals surface area contributed by atoms with Crippen molar-refractivity contribution in [1.82, 2.24) is 5.32 Å². The fourth-order valence-electron chi connectivity index (χ4n) is 1.23. The number of halogens is 1. The molecular formula is C11H18BrNO3S. The largest absolute Gasteiger partial charge is 0.389 e. The summed E-state index contributed by atoms with van der Waals surface area (Å²) in [7, 11) is 1.63. The smallest absolute Gasteiger partial charge is 0.0897 e. The van der Waals surface area contributed by atoms with E-state index in [0.29, 0.717) is 26.4 Å². The first-order chi connectivity index (χ1) is 8.22. The molecule has 6 heteroatoms. The Balaban J connectivity index is 2.02. The van der Waals surface area contributed by atoms with Gasteiger partial charge >= 0.3 is 0 Å². The van der Waals surface area contributed by atoms with Gasteiger partial charge in [-0.3, -0.25) is 0 Å². The Morgan fingerprint density at radius 2 is 2.29 bits per heavy atom. The number of methoxy groups -OCH3 is 1. The van der Waals surface area contributed by atoms with E-state index in [2.05, 4.69) is 27.3 Å². The van der Waals surface area contributed by atoms with Crippen LogP contribution in [0.4, 0.5) is 0 Å². The van der Waals surface area contributed by atoms with E-state index in [-0.39, 0.29) is 0 Å². The van der Waals surface area contributed by atoms with Crippen molar-refractivity contribution >= 4 is 27.3 Å². The normalized spacial score (nSPS) is 12.9. The molecule has 0 saturated carbocycles. The molecule has 4 nitrogen and oxygen atoms in total. The van der Waals surface area contributed by atoms with Crippen LogP contribution in [-0.4, -0.2) is 44.7 Å². The SMILES string of the molecule is COCCOCC(O)CNCc1ccc(Br)s1. The first-order valence-electron chi connectivity index (χ1n) is 5.42. The van der Waals surface area contributed by atoms with Crippen molar-refractivity contribution < 1.29 is 14.6 Å². The van der Waals surface area contributed by atoms with Gasteiger partial charge in [-0.2, -0.15) is 0 Å². The first kappa shape index (κ1) is 15.1. The lowest BCUT2D eigenvalue weighted by Crippen LogP contribution is -2.30. The van der Waals surface area contributed by atoms with E-state index in [1.165, 1.54) is 4.88 Å². The van der Waals surface area contributed by atoms with Gasteiger partial charge in [0.05, 0.1) is 29.7 Å². The lowest BCUT2D eigenvalue weighted by molar-refractivity contribution is 0.0137. The van der Waals surface area contributed by atoms with Crippen LogP contribution in [0.25, 0.3) is 0 Å². The van der Waals surface area contributed by atoms with Gasteiger partial charge in [-0.1, -0.05) is 0 Å². The number of nitrogens with one attached hydrogen (secondary N) is 1. The Hall–Kier alpha value is 0.0200. The number of ether oxygens (including phenoxy) is 2. The predicted octanol–water partition coefficient (Wildman–Crippen LogP) is 1.62. The lowest BCUT2D eigenvalue weighted by atomic mass is 10.3. The van der Waals surface area contributed by atoms with Gasteiger partial charge in [-0.05, 0) is 28.1 Å². The molecule has 1 aromatic rings. The van der Waals surface area contributed by atoms with E-state index in [1.54, 1.807) is 18.4 Å². The minimum absolute atomic E-state index is 0.338. The standard InChI is InChI=1S/C11H18BrNO3S/c1-15-4-5-16-8-9(14)6-13-7-10-2-3-11(12)17-10/h2-3,9,13-14H,4-8H2,1H3. The summed E-state index contributed by atoms with van der Waals surface area (Å²) in [6.45, 7) is 2.72. The van der Waals surface area contributed by atoms with Crippen molar-refractivity contribution in [2.75, 3.05) is 33.5 Å². The molecule has 0 fully saturated rings. The molecule has 0 aromatic carbocycles. The van der Waals surface area contributed by atoms with Crippen LogP contribution >= 0.6 is 27.3 Å². The summed E-state index contributed by atoms with van der Waals surface area (Å²) in [5.41, 5.74) is 0. The molecule has 17 heavy (non-hydrogen) atoms. The molecule has 0 aliphatic carbocycles. The molecule has 0 spiro atoms. The third-order valence-electron chi connectivity index (χ3n) is 2.05. The Labute approximate surface area is 114 Å². The van der Waals surface area contributed by atoms with Crippen molar-refractivity contribution in [3.63, 3.8) is 0 Å². The number of aliphatic hydroxyl groups excluding tert-OH is 1. The molecule has 0 bridgehead atoms. The van der Waals surface area contributed by atoms with Crippen molar-refractivity contribution in [3.05, 3.63) is 20.8 Å². The highest BCUT2D eigenvalue weighted by molar-refractivity contribution is 9.11. The van der Waals surface area contributed by atoms with Crippen molar-refractivity contribution in [3.8, 4) is 0 Å². The molecule has 1 unspecified atom stereocenters. The van der Waals surface area contributed by atoms with E-state index in [9.17, 15) is 5.11 Å². The average molecular weight is 324 g/mol. The highest BCUT2D eigenvalue weighted by atomic mass is 79.9. The molecule has 2 N–H and O–H groups in total. The quantitative estimate of drug-likeness (QED) is 0.678. The second-order valence-corrected chi connectivity index (χ2v) is 6.11. The van der Waals surface area contributed by atoms with Gasteiger partial charge in [0.15, 0.2) is 0 Å². The monoisotopic (exact) mass is 323 g/mol. The molecule has 1 heterocycles. The van der Waals surface area contributed by atoms with Crippen LogP contribution in [0.1, 0.15) is 4.88 Å². The number of rotatable bonds is 9. The molecule has 1 aromatic heterocycles. The molecule has 1 rings (SSSR count). The topological polar surface area (TPSA) is 50.7 Å². The zero-order valence-corrected chi connectivity index (χ0v) is 12.2. The maximum absolute atomic E-state index is 9.60. The summed E-state index contributed by atoms with van der Waals surface area (Å²) in [5, 5.41) is 12.8. The predicted molar refractivity (Wildman–Crippen MR) is 72.4 cm³/mol. The zero-order valence-electron chi connectivity index (χ0n) is 9.82. The van der Waals surface area contributed by atoms with Crippen molar-refractivity contribution in [1.29, 1.82) is 0 Å². The second kappa shape index (κ2) is 9.02. The van der Waals surface area contributed by atoms with Crippen molar-refractivity contribution in [2.24, 2.45) is 0 Å². The van der Waals surface area contributed by atoms with Gasteiger partial charge in [0, 0.05) is 25.1 Å². The maximum Gasteiger partial charge on any atom is 0.0897 e. The van der Waals surface area contributed by atoms with Crippen LogP contribution in [0.5, 0.6) is 0 Å². The third-order valence-corrected chi connectivity index (χ3v) is 3.67. The highest BCUT2D eigenvalue weighted by Crippen LogP contribution is 2.21. The molecule has 0 amide bonds. The molecule has 0 aliphatic rings. The van der Waals surface area contributed by atoms with Crippen LogP contribution in [0.3, 0.4) is 0 Å². The third kappa shape index (κ3) is 7.13. The van der Waals surface area contributed by atoms with E-state index in [4.69, 9.17) is 9.47 Å². The van der Waals surface area contributed by atoms with Gasteiger partial charge in [-0.25, -0.2) is 0 Å². The van der Waals surface area contributed by atoms with Crippen LogP contribution in [-0.2, 0) is 16.0 Å². The summed E-state index contributed by atoms with van der Waals surface area (Å²) in [4.78, 5) is 1.24. The van der Waals surface area contributed by atoms with Gasteiger partial charge in [0.25, 0.3) is 0 Å². The van der Waals surface area contributed by atoms with Crippen LogP contribution in [0, 0.1) is 0 Å². The fraction of sp³-hybridized carbons (Fsp3) is 0.636. The van der Waals surface area contributed by atoms with Crippen LogP contribution in [0.15, 0.2) is 15.9 Å². The zero-order chi connectivity index (χ0) is 12.5. The average Bonchev–Trinajstić information content (AvgIpc) is 2.71. The Morgan fingerprint density at radius 3 is 2.94 bits per heavy atom.